The van der Waals surface area contributed by atoms with Crippen molar-refractivity contribution in [3.05, 3.63) is 58.6 Å². The Morgan fingerprint density at radius 2 is 1.77 bits per heavy atom. The highest BCUT2D eigenvalue weighted by atomic mass is 35.5. The molecule has 0 spiro atoms. The van der Waals surface area contributed by atoms with E-state index in [9.17, 15) is 9.59 Å². The van der Waals surface area contributed by atoms with Crippen LogP contribution in [0.4, 0.5) is 0 Å². The Labute approximate surface area is 188 Å². The van der Waals surface area contributed by atoms with Gasteiger partial charge in [0, 0.05) is 37.0 Å². The van der Waals surface area contributed by atoms with Gasteiger partial charge in [0.05, 0.1) is 14.2 Å². The summed E-state index contributed by atoms with van der Waals surface area (Å²) in [5, 5.41) is 3.81. The molecule has 2 amide bonds. The van der Waals surface area contributed by atoms with Crippen LogP contribution in [-0.4, -0.2) is 43.5 Å². The lowest BCUT2D eigenvalue weighted by Crippen LogP contribution is -2.44. The monoisotopic (exact) mass is 444 g/mol. The van der Waals surface area contributed by atoms with Crippen LogP contribution in [0.3, 0.4) is 0 Å². The normalized spacial score (nSPS) is 17.9. The van der Waals surface area contributed by atoms with Crippen molar-refractivity contribution in [2.75, 3.05) is 21.3 Å². The van der Waals surface area contributed by atoms with E-state index in [1.165, 1.54) is 0 Å². The van der Waals surface area contributed by atoms with Gasteiger partial charge in [-0.25, -0.2) is 0 Å². The number of carbonyl (C=O) groups excluding carboxylic acids is 2. The van der Waals surface area contributed by atoms with Gasteiger partial charge in [0.15, 0.2) is 11.5 Å². The third kappa shape index (κ3) is 5.91. The third-order valence-electron chi connectivity index (χ3n) is 5.80. The van der Waals surface area contributed by atoms with Crippen molar-refractivity contribution in [2.45, 2.75) is 44.2 Å². The molecule has 3 rings (SSSR count). The average molecular weight is 445 g/mol. The second-order valence-electron chi connectivity index (χ2n) is 8.07. The zero-order valence-corrected chi connectivity index (χ0v) is 19.0. The first-order valence-electron chi connectivity index (χ1n) is 10.3. The van der Waals surface area contributed by atoms with Crippen molar-refractivity contribution in [1.82, 2.24) is 10.2 Å². The molecule has 2 aromatic rings. The molecule has 0 aliphatic carbocycles. The number of hydrogen-bond donors (Lipinski definition) is 1. The molecule has 6 nitrogen and oxygen atoms in total. The van der Waals surface area contributed by atoms with E-state index >= 15 is 0 Å². The Balaban J connectivity index is 1.62. The number of carbonyl (C=O) groups is 2. The average Bonchev–Trinajstić information content (AvgIpc) is 3.14. The van der Waals surface area contributed by atoms with Gasteiger partial charge in [-0.15, -0.1) is 0 Å². The van der Waals surface area contributed by atoms with Gasteiger partial charge in [-0.3, -0.25) is 9.59 Å². The highest BCUT2D eigenvalue weighted by Crippen LogP contribution is 2.31. The molecule has 1 aliphatic heterocycles. The van der Waals surface area contributed by atoms with Crippen LogP contribution in [-0.2, 0) is 22.6 Å². The van der Waals surface area contributed by atoms with Crippen LogP contribution in [0.1, 0.15) is 36.8 Å². The van der Waals surface area contributed by atoms with E-state index in [0.29, 0.717) is 48.7 Å². The number of halogens is 1. The van der Waals surface area contributed by atoms with Gasteiger partial charge < -0.3 is 19.7 Å². The van der Waals surface area contributed by atoms with Crippen molar-refractivity contribution in [3.63, 3.8) is 0 Å². The Hall–Kier alpha value is -2.73. The summed E-state index contributed by atoms with van der Waals surface area (Å²) in [5.41, 5.74) is 1.65. The van der Waals surface area contributed by atoms with Crippen molar-refractivity contribution < 1.29 is 19.1 Å². The minimum atomic E-state index is -0.398. The fourth-order valence-corrected chi connectivity index (χ4v) is 4.18. The van der Waals surface area contributed by atoms with Crippen LogP contribution in [0.2, 0.25) is 5.02 Å². The van der Waals surface area contributed by atoms with E-state index in [4.69, 9.17) is 21.1 Å². The lowest BCUT2D eigenvalue weighted by atomic mass is 9.85. The van der Waals surface area contributed by atoms with Crippen LogP contribution in [0.5, 0.6) is 11.5 Å². The minimum Gasteiger partial charge on any atom is -0.493 e. The zero-order chi connectivity index (χ0) is 22.4. The first kappa shape index (κ1) is 22.9. The van der Waals surface area contributed by atoms with Crippen LogP contribution in [0.15, 0.2) is 42.5 Å². The maximum Gasteiger partial charge on any atom is 0.222 e. The van der Waals surface area contributed by atoms with Crippen LogP contribution >= 0.6 is 11.6 Å². The molecule has 0 bridgehead atoms. The number of nitrogens with one attached hydrogen (secondary N) is 1. The van der Waals surface area contributed by atoms with Crippen LogP contribution in [0, 0.1) is 0 Å². The fraction of sp³-hybridized carbons (Fsp3) is 0.417. The van der Waals surface area contributed by atoms with Gasteiger partial charge in [-0.05, 0) is 54.7 Å². The van der Waals surface area contributed by atoms with E-state index in [1.807, 2.05) is 42.5 Å². The molecule has 1 atom stereocenters. The van der Waals surface area contributed by atoms with E-state index in [0.717, 1.165) is 17.5 Å². The molecule has 1 saturated heterocycles. The highest BCUT2D eigenvalue weighted by Gasteiger charge is 2.38. The molecule has 166 valence electrons. The predicted molar refractivity (Wildman–Crippen MR) is 121 cm³/mol. The van der Waals surface area contributed by atoms with Crippen molar-refractivity contribution in [3.8, 4) is 11.5 Å². The summed E-state index contributed by atoms with van der Waals surface area (Å²) < 4.78 is 10.6. The minimum absolute atomic E-state index is 0.0337. The van der Waals surface area contributed by atoms with Gasteiger partial charge >= 0.3 is 0 Å². The Morgan fingerprint density at radius 3 is 2.39 bits per heavy atom. The largest absolute Gasteiger partial charge is 0.493 e. The molecule has 1 aliphatic rings. The quantitative estimate of drug-likeness (QED) is 0.635. The highest BCUT2D eigenvalue weighted by molar-refractivity contribution is 6.30. The van der Waals surface area contributed by atoms with E-state index in [1.54, 1.807) is 26.2 Å². The molecular weight excluding hydrogens is 416 g/mol. The fourth-order valence-electron chi connectivity index (χ4n) is 4.05. The summed E-state index contributed by atoms with van der Waals surface area (Å²) in [6, 6.07) is 13.3. The zero-order valence-electron chi connectivity index (χ0n) is 18.2. The maximum absolute atomic E-state index is 12.8. The van der Waals surface area contributed by atoms with Crippen molar-refractivity contribution >= 4 is 23.4 Å². The molecule has 7 heteroatoms. The van der Waals surface area contributed by atoms with Crippen LogP contribution in [0.25, 0.3) is 0 Å². The van der Waals surface area contributed by atoms with E-state index in [-0.39, 0.29) is 11.8 Å². The van der Waals surface area contributed by atoms with Gasteiger partial charge in [0.1, 0.15) is 0 Å². The molecule has 31 heavy (non-hydrogen) atoms. The van der Waals surface area contributed by atoms with Gasteiger partial charge in [0.25, 0.3) is 0 Å². The van der Waals surface area contributed by atoms with Crippen molar-refractivity contribution in [1.29, 1.82) is 0 Å². The first-order chi connectivity index (χ1) is 14.8. The Bertz CT molecular complexity index is 932. The standard InChI is InChI=1S/C24H29ClN2O4/c1-27(16-18-6-9-20(30-2)21(14-18)31-3)23(29)11-13-24(12-10-22(28)26-24)15-17-4-7-19(25)8-5-17/h4-9,14H,10-13,15-16H2,1-3H3,(H,26,28)/t24-/m1/s1. The van der Waals surface area contributed by atoms with Gasteiger partial charge in [0.2, 0.25) is 11.8 Å². The number of ether oxygens (including phenoxy) is 2. The maximum atomic E-state index is 12.8. The number of rotatable bonds is 9. The van der Waals surface area contributed by atoms with Gasteiger partial charge in [-0.1, -0.05) is 29.8 Å². The smallest absolute Gasteiger partial charge is 0.222 e. The SMILES string of the molecule is COc1ccc(CN(C)C(=O)CC[C@@]2(Cc3ccc(Cl)cc3)CCC(=O)N2)cc1OC. The van der Waals surface area contributed by atoms with Crippen molar-refractivity contribution in [2.24, 2.45) is 0 Å². The molecule has 0 unspecified atom stereocenters. The topological polar surface area (TPSA) is 67.9 Å². The number of benzene rings is 2. The third-order valence-corrected chi connectivity index (χ3v) is 6.05. The lowest BCUT2D eigenvalue weighted by molar-refractivity contribution is -0.131. The molecular formula is C24H29ClN2O4. The van der Waals surface area contributed by atoms with Gasteiger partial charge in [-0.2, -0.15) is 0 Å². The number of hydrogen-bond acceptors (Lipinski definition) is 4. The molecule has 0 saturated carbocycles. The Morgan fingerprint density at radius 1 is 1.10 bits per heavy atom. The second kappa shape index (κ2) is 10.1. The number of amides is 2. The van der Waals surface area contributed by atoms with Crippen LogP contribution < -0.4 is 14.8 Å². The molecule has 0 radical (unpaired) electrons. The predicted octanol–water partition coefficient (Wildman–Crippen LogP) is 3.99. The molecule has 1 heterocycles. The molecule has 2 aromatic carbocycles. The first-order valence-corrected chi connectivity index (χ1v) is 10.7. The lowest BCUT2D eigenvalue weighted by Gasteiger charge is -2.30. The summed E-state index contributed by atoms with van der Waals surface area (Å²) in [6.07, 6.45) is 2.85. The summed E-state index contributed by atoms with van der Waals surface area (Å²) in [7, 11) is 4.97. The number of nitrogens with zero attached hydrogens (tertiary/aromatic N) is 1. The Kier molecular flexibility index (Phi) is 7.44. The molecule has 0 aromatic heterocycles. The summed E-state index contributed by atoms with van der Waals surface area (Å²) in [5.74, 6) is 1.37. The number of methoxy groups -OCH3 is 2. The molecule has 1 fully saturated rings. The molecule has 1 N–H and O–H groups in total. The summed E-state index contributed by atoms with van der Waals surface area (Å²) in [4.78, 5) is 26.5. The second-order valence-corrected chi connectivity index (χ2v) is 8.51. The summed E-state index contributed by atoms with van der Waals surface area (Å²) in [6.45, 7) is 0.468. The van der Waals surface area contributed by atoms with E-state index < -0.39 is 5.54 Å². The van der Waals surface area contributed by atoms with E-state index in [2.05, 4.69) is 5.32 Å². The summed E-state index contributed by atoms with van der Waals surface area (Å²) >= 11 is 5.99.